The second-order valence-electron chi connectivity index (χ2n) is 5.24. The topological polar surface area (TPSA) is 95.5 Å². The number of anilines is 1. The molecule has 0 atom stereocenters. The van der Waals surface area contributed by atoms with Crippen LogP contribution in [0.3, 0.4) is 0 Å². The Balaban J connectivity index is 2.34. The first-order valence-electron chi connectivity index (χ1n) is 7.46. The first-order valence-corrected chi connectivity index (χ1v) is 8.28. The van der Waals surface area contributed by atoms with Gasteiger partial charge in [0.15, 0.2) is 0 Å². The van der Waals surface area contributed by atoms with Crippen molar-refractivity contribution in [1.82, 2.24) is 0 Å². The summed E-state index contributed by atoms with van der Waals surface area (Å²) in [6.45, 7) is 3.35. The van der Waals surface area contributed by atoms with Crippen molar-refractivity contribution in [2.75, 3.05) is 11.9 Å². The maximum atomic E-state index is 12.2. The lowest BCUT2D eigenvalue weighted by Gasteiger charge is -2.12. The van der Waals surface area contributed by atoms with E-state index >= 15 is 0 Å². The lowest BCUT2D eigenvalue weighted by molar-refractivity contribution is -0.297. The summed E-state index contributed by atoms with van der Waals surface area (Å²) < 4.78 is 5.10. The van der Waals surface area contributed by atoms with Crippen molar-refractivity contribution in [2.45, 2.75) is 39.5 Å². The van der Waals surface area contributed by atoms with Gasteiger partial charge in [-0.3, -0.25) is 4.79 Å². The Morgan fingerprint density at radius 3 is 2.65 bits per heavy atom. The summed E-state index contributed by atoms with van der Waals surface area (Å²) in [5, 5.41) is 13.6. The van der Waals surface area contributed by atoms with Crippen LogP contribution in [0.1, 0.15) is 47.5 Å². The summed E-state index contributed by atoms with van der Waals surface area (Å²) in [5.74, 6) is -2.46. The maximum absolute atomic E-state index is 12.2. The molecule has 1 aromatic rings. The number of aliphatic carboxylic acids is 1. The van der Waals surface area contributed by atoms with E-state index in [0.29, 0.717) is 10.6 Å². The van der Waals surface area contributed by atoms with Gasteiger partial charge in [-0.15, -0.1) is 11.3 Å². The molecule has 0 aromatic carbocycles. The van der Waals surface area contributed by atoms with E-state index in [1.165, 1.54) is 18.3 Å². The third kappa shape index (κ3) is 3.98. The molecule has 0 fully saturated rings. The summed E-state index contributed by atoms with van der Waals surface area (Å²) in [5.41, 5.74) is 1.35. The molecule has 0 spiro atoms. The number of carbonyl (C=O) groups excluding carboxylic acids is 3. The van der Waals surface area contributed by atoms with Crippen LogP contribution in [0.5, 0.6) is 0 Å². The lowest BCUT2D eigenvalue weighted by Crippen LogP contribution is -2.22. The third-order valence-corrected chi connectivity index (χ3v) is 4.78. The summed E-state index contributed by atoms with van der Waals surface area (Å²) >= 11 is 1.36. The van der Waals surface area contributed by atoms with Crippen molar-refractivity contribution < 1.29 is 24.2 Å². The van der Waals surface area contributed by atoms with Crippen molar-refractivity contribution in [3.05, 3.63) is 27.7 Å². The Hall–Kier alpha value is -2.15. The molecule has 2 rings (SSSR count). The van der Waals surface area contributed by atoms with E-state index in [1.54, 1.807) is 6.92 Å². The molecule has 0 bridgehead atoms. The van der Waals surface area contributed by atoms with Gasteiger partial charge in [0.25, 0.3) is 5.91 Å². The molecular formula is C16H18NO5S-. The highest BCUT2D eigenvalue weighted by Gasteiger charge is 2.27. The predicted molar refractivity (Wildman–Crippen MR) is 84.3 cm³/mol. The number of esters is 1. The number of rotatable bonds is 5. The number of carboxylic acid groups (broad SMARTS) is 1. The zero-order valence-electron chi connectivity index (χ0n) is 13.1. The van der Waals surface area contributed by atoms with Crippen LogP contribution >= 0.6 is 11.3 Å². The van der Waals surface area contributed by atoms with Crippen molar-refractivity contribution >= 4 is 34.2 Å². The highest BCUT2D eigenvalue weighted by Crippen LogP contribution is 2.38. The number of amides is 1. The van der Waals surface area contributed by atoms with Crippen molar-refractivity contribution in [2.24, 2.45) is 0 Å². The van der Waals surface area contributed by atoms with Gasteiger partial charge in [-0.2, -0.15) is 0 Å². The molecule has 23 heavy (non-hydrogen) atoms. The minimum absolute atomic E-state index is 0.00572. The number of hydrogen-bond donors (Lipinski definition) is 1. The number of aryl methyl sites for hydroxylation is 1. The number of hydrogen-bond acceptors (Lipinski definition) is 6. The van der Waals surface area contributed by atoms with Gasteiger partial charge >= 0.3 is 5.97 Å². The zero-order chi connectivity index (χ0) is 17.0. The van der Waals surface area contributed by atoms with E-state index in [0.717, 1.165) is 42.2 Å². The standard InChI is InChI=1S/C16H19NO5S/c1-3-22-16(21)13-10-6-4-5-7-11(10)23-15(13)17-14(20)9(2)8-12(18)19/h8H,3-7H2,1-2H3,(H,17,20)(H,18,19)/p-1/b9-8-. The summed E-state index contributed by atoms with van der Waals surface area (Å²) in [7, 11) is 0. The normalized spacial score (nSPS) is 14.1. The van der Waals surface area contributed by atoms with Gasteiger partial charge in [-0.05, 0) is 51.2 Å². The van der Waals surface area contributed by atoms with Crippen LogP contribution in [0.25, 0.3) is 0 Å². The van der Waals surface area contributed by atoms with Gasteiger partial charge < -0.3 is 20.0 Å². The fraction of sp³-hybridized carbons (Fsp3) is 0.438. The molecule has 0 aliphatic heterocycles. The molecule has 1 aliphatic rings. The Morgan fingerprint density at radius 2 is 2.00 bits per heavy atom. The smallest absolute Gasteiger partial charge is 0.341 e. The number of carbonyl (C=O) groups is 3. The fourth-order valence-corrected chi connectivity index (χ4v) is 3.79. The molecule has 1 N–H and O–H groups in total. The Morgan fingerprint density at radius 1 is 1.30 bits per heavy atom. The Kier molecular flexibility index (Phi) is 5.54. The molecule has 1 aromatic heterocycles. The van der Waals surface area contributed by atoms with E-state index in [9.17, 15) is 19.5 Å². The Bertz CT molecular complexity index is 674. The third-order valence-electron chi connectivity index (χ3n) is 3.57. The van der Waals surface area contributed by atoms with E-state index in [2.05, 4.69) is 5.32 Å². The predicted octanol–water partition coefficient (Wildman–Crippen LogP) is 1.44. The van der Waals surface area contributed by atoms with Gasteiger partial charge in [0.05, 0.1) is 18.1 Å². The van der Waals surface area contributed by atoms with Crippen LogP contribution in [-0.4, -0.2) is 24.5 Å². The zero-order valence-corrected chi connectivity index (χ0v) is 13.9. The van der Waals surface area contributed by atoms with Gasteiger partial charge in [-0.25, -0.2) is 4.79 Å². The fourth-order valence-electron chi connectivity index (χ4n) is 2.52. The molecule has 1 aliphatic carbocycles. The quantitative estimate of drug-likeness (QED) is 0.648. The molecule has 1 amide bonds. The first kappa shape index (κ1) is 17.2. The van der Waals surface area contributed by atoms with Crippen molar-refractivity contribution in [3.8, 4) is 0 Å². The van der Waals surface area contributed by atoms with Gasteiger partial charge in [0.1, 0.15) is 5.00 Å². The molecule has 1 heterocycles. The van der Waals surface area contributed by atoms with E-state index < -0.39 is 17.8 Å². The first-order chi connectivity index (χ1) is 10.9. The van der Waals surface area contributed by atoms with E-state index in [-0.39, 0.29) is 12.2 Å². The van der Waals surface area contributed by atoms with Gasteiger partial charge in [-0.1, -0.05) is 0 Å². The van der Waals surface area contributed by atoms with E-state index in [1.807, 2.05) is 0 Å². The molecule has 0 saturated carbocycles. The molecule has 7 heteroatoms. The van der Waals surface area contributed by atoms with Crippen LogP contribution in [0, 0.1) is 0 Å². The Labute approximate surface area is 138 Å². The summed E-state index contributed by atoms with van der Waals surface area (Å²) in [4.78, 5) is 35.9. The highest BCUT2D eigenvalue weighted by molar-refractivity contribution is 7.17. The van der Waals surface area contributed by atoms with E-state index in [4.69, 9.17) is 4.74 Å². The minimum atomic E-state index is -1.44. The largest absolute Gasteiger partial charge is 0.545 e. The van der Waals surface area contributed by atoms with Crippen LogP contribution in [-0.2, 0) is 27.2 Å². The highest BCUT2D eigenvalue weighted by atomic mass is 32.1. The minimum Gasteiger partial charge on any atom is -0.545 e. The number of carboxylic acids is 1. The van der Waals surface area contributed by atoms with Crippen molar-refractivity contribution in [3.63, 3.8) is 0 Å². The second-order valence-corrected chi connectivity index (χ2v) is 6.34. The summed E-state index contributed by atoms with van der Waals surface area (Å²) in [6.07, 6.45) is 4.42. The van der Waals surface area contributed by atoms with Crippen molar-refractivity contribution in [1.29, 1.82) is 0 Å². The van der Waals surface area contributed by atoms with Gasteiger partial charge in [0, 0.05) is 10.5 Å². The monoisotopic (exact) mass is 336 g/mol. The lowest BCUT2D eigenvalue weighted by atomic mass is 9.95. The maximum Gasteiger partial charge on any atom is 0.341 e. The molecular weight excluding hydrogens is 318 g/mol. The number of nitrogens with one attached hydrogen (secondary N) is 1. The average molecular weight is 336 g/mol. The summed E-state index contributed by atoms with van der Waals surface area (Å²) in [6, 6.07) is 0. The van der Waals surface area contributed by atoms with Gasteiger partial charge in [0.2, 0.25) is 0 Å². The molecule has 0 radical (unpaired) electrons. The van der Waals surface area contributed by atoms with Crippen LogP contribution in [0.4, 0.5) is 5.00 Å². The average Bonchev–Trinajstić information content (AvgIpc) is 2.84. The number of thiophene rings is 1. The van der Waals surface area contributed by atoms with Crippen LogP contribution in [0.2, 0.25) is 0 Å². The molecule has 0 unspecified atom stereocenters. The molecule has 0 saturated heterocycles. The number of fused-ring (bicyclic) bond motifs is 1. The molecule has 124 valence electrons. The second kappa shape index (κ2) is 7.41. The number of ether oxygens (including phenoxy) is 1. The molecule has 6 nitrogen and oxygen atoms in total. The SMILES string of the molecule is CCOC(=O)c1c(NC(=O)/C(C)=C\C(=O)[O-])sc2c1CCCC2. The van der Waals surface area contributed by atoms with Crippen LogP contribution in [0.15, 0.2) is 11.6 Å². The van der Waals surface area contributed by atoms with Crippen LogP contribution < -0.4 is 10.4 Å².